The second-order valence-corrected chi connectivity index (χ2v) is 8.42. The predicted molar refractivity (Wildman–Crippen MR) is 125 cm³/mol. The van der Waals surface area contributed by atoms with E-state index in [1.807, 2.05) is 0 Å². The number of amides is 1. The van der Waals surface area contributed by atoms with Gasteiger partial charge < -0.3 is 9.72 Å². The number of rotatable bonds is 6. The molecule has 2 aromatic carbocycles. The van der Waals surface area contributed by atoms with Gasteiger partial charge in [0, 0.05) is 33.9 Å². The number of nitrogens with one attached hydrogen (secondary N) is 2. The number of anilines is 1. The molecule has 2 aromatic heterocycles. The zero-order valence-corrected chi connectivity index (χ0v) is 19.0. The number of aromatic nitrogens is 3. The summed E-state index contributed by atoms with van der Waals surface area (Å²) >= 11 is 13.4. The van der Waals surface area contributed by atoms with Crippen molar-refractivity contribution in [3.05, 3.63) is 75.8 Å². The summed E-state index contributed by atoms with van der Waals surface area (Å²) in [6.45, 7) is 1.50. The van der Waals surface area contributed by atoms with Gasteiger partial charge in [-0.25, -0.2) is 14.8 Å². The second kappa shape index (κ2) is 9.52. The normalized spacial score (nSPS) is 11.7. The Hall–Kier alpha value is -3.20. The van der Waals surface area contributed by atoms with Crippen LogP contribution in [-0.4, -0.2) is 32.9 Å². The zero-order chi connectivity index (χ0) is 22.7. The van der Waals surface area contributed by atoms with E-state index in [0.717, 1.165) is 5.56 Å². The van der Waals surface area contributed by atoms with Gasteiger partial charge in [0.15, 0.2) is 11.2 Å². The maximum Gasteiger partial charge on any atom is 0.338 e. The quantitative estimate of drug-likeness (QED) is 0.341. The highest BCUT2D eigenvalue weighted by molar-refractivity contribution is 7.14. The lowest BCUT2D eigenvalue weighted by Gasteiger charge is -2.12. The number of carbonyl (C=O) groups is 2. The van der Waals surface area contributed by atoms with Crippen molar-refractivity contribution in [2.24, 2.45) is 0 Å². The Morgan fingerprint density at radius 1 is 1.16 bits per heavy atom. The van der Waals surface area contributed by atoms with Gasteiger partial charge >= 0.3 is 5.97 Å². The van der Waals surface area contributed by atoms with Crippen LogP contribution in [-0.2, 0) is 9.53 Å². The van der Waals surface area contributed by atoms with E-state index >= 15 is 0 Å². The summed E-state index contributed by atoms with van der Waals surface area (Å²) < 4.78 is 5.29. The van der Waals surface area contributed by atoms with Crippen LogP contribution in [0.4, 0.5) is 5.13 Å². The fourth-order valence-corrected chi connectivity index (χ4v) is 4.05. The molecule has 0 saturated heterocycles. The van der Waals surface area contributed by atoms with E-state index in [0.29, 0.717) is 37.8 Å². The van der Waals surface area contributed by atoms with Crippen molar-refractivity contribution in [1.82, 2.24) is 15.0 Å². The lowest BCUT2D eigenvalue weighted by atomic mass is 10.1. The molecule has 162 valence electrons. The molecule has 0 aliphatic rings. The molecule has 0 spiro atoms. The number of aromatic amines is 1. The summed E-state index contributed by atoms with van der Waals surface area (Å²) in [6, 6.07) is 11.8. The monoisotopic (exact) mass is 486 g/mol. The summed E-state index contributed by atoms with van der Waals surface area (Å²) in [7, 11) is 0. The van der Waals surface area contributed by atoms with Crippen molar-refractivity contribution >= 4 is 51.5 Å². The molecule has 2 N–H and O–H groups in total. The van der Waals surface area contributed by atoms with E-state index in [2.05, 4.69) is 20.3 Å². The molecule has 0 aliphatic heterocycles. The van der Waals surface area contributed by atoms with Gasteiger partial charge in [0.1, 0.15) is 5.82 Å². The van der Waals surface area contributed by atoms with Crippen molar-refractivity contribution in [2.45, 2.75) is 13.0 Å². The largest absolute Gasteiger partial charge is 0.449 e. The molecule has 1 amide bonds. The average molecular weight is 487 g/mol. The number of nitrogens with zero attached hydrogens (tertiary/aromatic N) is 2. The van der Waals surface area contributed by atoms with Crippen LogP contribution >= 0.6 is 34.5 Å². The van der Waals surface area contributed by atoms with E-state index in [-0.39, 0.29) is 0 Å². The van der Waals surface area contributed by atoms with Gasteiger partial charge in [-0.05, 0) is 37.3 Å². The van der Waals surface area contributed by atoms with Crippen molar-refractivity contribution in [2.75, 3.05) is 5.32 Å². The number of thiazole rings is 1. The molecular formula is C22H16Cl2N4O3S. The first-order valence-corrected chi connectivity index (χ1v) is 11.1. The minimum atomic E-state index is -1.02. The first-order chi connectivity index (χ1) is 15.4. The van der Waals surface area contributed by atoms with Crippen LogP contribution in [0.5, 0.6) is 0 Å². The number of ether oxygens (including phenoxy) is 1. The molecule has 1 unspecified atom stereocenters. The Balaban J connectivity index is 1.37. The fourth-order valence-electron chi connectivity index (χ4n) is 2.83. The summed E-state index contributed by atoms with van der Waals surface area (Å²) in [5.74, 6) is -0.402. The van der Waals surface area contributed by atoms with E-state index in [9.17, 15) is 9.59 Å². The smallest absolute Gasteiger partial charge is 0.338 e. The molecule has 7 nitrogen and oxygen atoms in total. The van der Waals surface area contributed by atoms with Gasteiger partial charge in [-0.2, -0.15) is 0 Å². The summed E-state index contributed by atoms with van der Waals surface area (Å²) in [5, 5.41) is 5.77. The van der Waals surface area contributed by atoms with Crippen molar-refractivity contribution in [3.8, 4) is 22.6 Å². The van der Waals surface area contributed by atoms with Gasteiger partial charge in [0.2, 0.25) is 0 Å². The summed E-state index contributed by atoms with van der Waals surface area (Å²) in [4.78, 5) is 36.4. The molecule has 0 radical (unpaired) electrons. The Morgan fingerprint density at radius 3 is 2.62 bits per heavy atom. The number of hydrogen-bond donors (Lipinski definition) is 2. The Morgan fingerprint density at radius 2 is 1.94 bits per heavy atom. The summed E-state index contributed by atoms with van der Waals surface area (Å²) in [5.41, 5.74) is 2.46. The van der Waals surface area contributed by atoms with Crippen LogP contribution in [0.15, 0.2) is 60.2 Å². The maximum atomic E-state index is 12.5. The zero-order valence-electron chi connectivity index (χ0n) is 16.6. The predicted octanol–water partition coefficient (Wildman–Crippen LogP) is 5.69. The third-order valence-corrected chi connectivity index (χ3v) is 5.79. The number of H-pyrrole nitrogens is 1. The van der Waals surface area contributed by atoms with Crippen LogP contribution in [0.1, 0.15) is 17.3 Å². The molecule has 10 heteroatoms. The number of hydrogen-bond acceptors (Lipinski definition) is 6. The minimum Gasteiger partial charge on any atom is -0.449 e. The molecular weight excluding hydrogens is 471 g/mol. The topological polar surface area (TPSA) is 97.0 Å². The molecule has 4 rings (SSSR count). The summed E-state index contributed by atoms with van der Waals surface area (Å²) in [6.07, 6.45) is 2.35. The molecule has 0 fully saturated rings. The van der Waals surface area contributed by atoms with Crippen molar-refractivity contribution in [1.29, 1.82) is 0 Å². The lowest BCUT2D eigenvalue weighted by molar-refractivity contribution is -0.123. The highest BCUT2D eigenvalue weighted by Crippen LogP contribution is 2.32. The molecule has 0 aliphatic carbocycles. The fraction of sp³-hybridized carbons (Fsp3) is 0.0909. The highest BCUT2D eigenvalue weighted by Gasteiger charge is 2.20. The molecule has 32 heavy (non-hydrogen) atoms. The van der Waals surface area contributed by atoms with E-state index in [1.165, 1.54) is 18.3 Å². The van der Waals surface area contributed by atoms with Crippen LogP contribution in [0, 0.1) is 0 Å². The number of carbonyl (C=O) groups excluding carboxylic acids is 2. The third-order valence-electron chi connectivity index (χ3n) is 4.49. The first-order valence-electron chi connectivity index (χ1n) is 9.43. The van der Waals surface area contributed by atoms with E-state index in [4.69, 9.17) is 27.9 Å². The Bertz CT molecular complexity index is 1260. The first kappa shape index (κ1) is 22.0. The van der Waals surface area contributed by atoms with Crippen molar-refractivity contribution in [3.63, 3.8) is 0 Å². The Labute approximate surface area is 197 Å². The van der Waals surface area contributed by atoms with Crippen LogP contribution in [0.25, 0.3) is 22.6 Å². The molecule has 4 aromatic rings. The van der Waals surface area contributed by atoms with Gasteiger partial charge in [-0.1, -0.05) is 35.3 Å². The van der Waals surface area contributed by atoms with Gasteiger partial charge in [0.05, 0.1) is 16.3 Å². The van der Waals surface area contributed by atoms with Crippen molar-refractivity contribution < 1.29 is 14.3 Å². The van der Waals surface area contributed by atoms with Crippen LogP contribution in [0.3, 0.4) is 0 Å². The van der Waals surface area contributed by atoms with Crippen LogP contribution in [0.2, 0.25) is 10.0 Å². The van der Waals surface area contributed by atoms with Gasteiger partial charge in [0.25, 0.3) is 5.91 Å². The minimum absolute atomic E-state index is 0.328. The molecule has 0 saturated carbocycles. The second-order valence-electron chi connectivity index (χ2n) is 6.71. The lowest BCUT2D eigenvalue weighted by Crippen LogP contribution is -2.29. The van der Waals surface area contributed by atoms with E-state index < -0.39 is 18.0 Å². The van der Waals surface area contributed by atoms with Crippen LogP contribution < -0.4 is 5.32 Å². The maximum absolute atomic E-state index is 12.5. The van der Waals surface area contributed by atoms with Gasteiger partial charge in [-0.15, -0.1) is 11.3 Å². The number of esters is 1. The highest BCUT2D eigenvalue weighted by atomic mass is 35.5. The number of halogens is 2. The Kier molecular flexibility index (Phi) is 6.55. The molecule has 1 atom stereocenters. The standard InChI is InChI=1S/C22H16Cl2N4O3S/c1-12(31-21(30)14-4-2-13(3-5-14)19-25-8-9-26-19)20(29)28-22-27-18(11-32-22)16-7-6-15(23)10-17(16)24/h2-12H,1H3,(H,25,26)(H,27,28,29). The van der Waals surface area contributed by atoms with Gasteiger partial charge in [-0.3, -0.25) is 10.1 Å². The SMILES string of the molecule is CC(OC(=O)c1ccc(-c2ncc[nH]2)cc1)C(=O)Nc1nc(-c2ccc(Cl)cc2Cl)cs1. The number of benzene rings is 2. The third kappa shape index (κ3) is 4.99. The number of imidazole rings is 1. The average Bonchev–Trinajstić information content (AvgIpc) is 3.46. The molecule has 0 bridgehead atoms. The van der Waals surface area contributed by atoms with E-state index in [1.54, 1.807) is 60.2 Å². The molecule has 2 heterocycles.